The Bertz CT molecular complexity index is 662. The fourth-order valence-corrected chi connectivity index (χ4v) is 2.07. The highest BCUT2D eigenvalue weighted by Gasteiger charge is 2.14. The molecule has 0 saturated heterocycles. The summed E-state index contributed by atoms with van der Waals surface area (Å²) in [6, 6.07) is 8.46. The molecule has 2 aromatic carbocycles. The van der Waals surface area contributed by atoms with Crippen LogP contribution in [0.3, 0.4) is 0 Å². The maximum atomic E-state index is 13.1. The number of amides is 1. The predicted octanol–water partition coefficient (Wildman–Crippen LogP) is 4.20. The van der Waals surface area contributed by atoms with Crippen LogP contribution in [0.1, 0.15) is 15.9 Å². The summed E-state index contributed by atoms with van der Waals surface area (Å²) >= 11 is 11.5. The number of hydrogen-bond acceptors (Lipinski definition) is 1. The molecule has 0 aliphatic carbocycles. The van der Waals surface area contributed by atoms with Gasteiger partial charge in [0.25, 0.3) is 5.91 Å². The highest BCUT2D eigenvalue weighted by atomic mass is 35.5. The van der Waals surface area contributed by atoms with Gasteiger partial charge in [0.05, 0.1) is 10.6 Å². The van der Waals surface area contributed by atoms with Gasteiger partial charge in [-0.15, -0.1) is 0 Å². The monoisotopic (exact) mass is 315 g/mol. The molecular formula is C14H9Cl2F2NO. The van der Waals surface area contributed by atoms with Crippen LogP contribution < -0.4 is 5.32 Å². The van der Waals surface area contributed by atoms with Crippen molar-refractivity contribution in [3.63, 3.8) is 0 Å². The van der Waals surface area contributed by atoms with Crippen LogP contribution in [-0.2, 0) is 6.54 Å². The third kappa shape index (κ3) is 3.46. The Balaban J connectivity index is 2.11. The second-order valence-corrected chi connectivity index (χ2v) is 4.90. The van der Waals surface area contributed by atoms with Crippen molar-refractivity contribution in [1.82, 2.24) is 5.32 Å². The largest absolute Gasteiger partial charge is 0.348 e. The lowest BCUT2D eigenvalue weighted by Gasteiger charge is -2.07. The predicted molar refractivity (Wildman–Crippen MR) is 74.0 cm³/mol. The molecule has 0 atom stereocenters. The molecule has 104 valence electrons. The van der Waals surface area contributed by atoms with E-state index in [1.165, 1.54) is 0 Å². The first kappa shape index (κ1) is 14.8. The number of carbonyl (C=O) groups excluding carboxylic acids is 1. The van der Waals surface area contributed by atoms with Gasteiger partial charge in [-0.05, 0) is 29.8 Å². The third-order valence-corrected chi connectivity index (χ3v) is 3.14. The van der Waals surface area contributed by atoms with Crippen molar-refractivity contribution in [3.05, 3.63) is 69.2 Å². The Morgan fingerprint density at radius 1 is 1.10 bits per heavy atom. The molecule has 0 saturated carbocycles. The molecule has 0 aliphatic rings. The average molecular weight is 316 g/mol. The fraction of sp³-hybridized carbons (Fsp3) is 0.0714. The van der Waals surface area contributed by atoms with Gasteiger partial charge in [-0.1, -0.05) is 35.3 Å². The lowest BCUT2D eigenvalue weighted by molar-refractivity contribution is 0.0950. The van der Waals surface area contributed by atoms with Crippen molar-refractivity contribution in [2.45, 2.75) is 6.54 Å². The van der Waals surface area contributed by atoms with E-state index in [0.717, 1.165) is 17.7 Å². The SMILES string of the molecule is O=C(NCc1cccc(Cl)c1)c1cc(F)c(F)cc1Cl. The van der Waals surface area contributed by atoms with Gasteiger partial charge < -0.3 is 5.32 Å². The molecule has 0 radical (unpaired) electrons. The smallest absolute Gasteiger partial charge is 0.253 e. The topological polar surface area (TPSA) is 29.1 Å². The first-order valence-corrected chi connectivity index (χ1v) is 6.40. The first-order chi connectivity index (χ1) is 9.47. The van der Waals surface area contributed by atoms with Crippen LogP contribution >= 0.6 is 23.2 Å². The molecule has 0 unspecified atom stereocenters. The summed E-state index contributed by atoms with van der Waals surface area (Å²) in [6.07, 6.45) is 0. The zero-order chi connectivity index (χ0) is 14.7. The van der Waals surface area contributed by atoms with E-state index < -0.39 is 17.5 Å². The highest BCUT2D eigenvalue weighted by Crippen LogP contribution is 2.20. The second-order valence-electron chi connectivity index (χ2n) is 4.06. The molecule has 0 bridgehead atoms. The van der Waals surface area contributed by atoms with E-state index in [9.17, 15) is 13.6 Å². The number of benzene rings is 2. The normalized spacial score (nSPS) is 10.4. The summed E-state index contributed by atoms with van der Waals surface area (Å²) in [5.41, 5.74) is 0.664. The van der Waals surface area contributed by atoms with Gasteiger partial charge >= 0.3 is 0 Å². The van der Waals surface area contributed by atoms with Crippen LogP contribution in [0.4, 0.5) is 8.78 Å². The van der Waals surface area contributed by atoms with Crippen LogP contribution in [0.5, 0.6) is 0 Å². The van der Waals surface area contributed by atoms with E-state index in [-0.39, 0.29) is 17.1 Å². The summed E-state index contributed by atoms with van der Waals surface area (Å²) in [5, 5.41) is 2.96. The standard InChI is InChI=1S/C14H9Cl2F2NO/c15-9-3-1-2-8(4-9)7-19-14(20)10-5-12(17)13(18)6-11(10)16/h1-6H,7H2,(H,19,20). The molecule has 20 heavy (non-hydrogen) atoms. The van der Waals surface area contributed by atoms with Gasteiger partial charge in [0.15, 0.2) is 11.6 Å². The molecule has 2 aromatic rings. The van der Waals surface area contributed by atoms with Crippen LogP contribution in [0.2, 0.25) is 10.0 Å². The Morgan fingerprint density at radius 3 is 2.50 bits per heavy atom. The molecule has 0 aliphatic heterocycles. The van der Waals surface area contributed by atoms with Crippen LogP contribution in [0.15, 0.2) is 36.4 Å². The van der Waals surface area contributed by atoms with Crippen LogP contribution in [0, 0.1) is 11.6 Å². The van der Waals surface area contributed by atoms with E-state index in [1.54, 1.807) is 24.3 Å². The number of carbonyl (C=O) groups is 1. The fourth-order valence-electron chi connectivity index (χ4n) is 1.62. The summed E-state index contributed by atoms with van der Waals surface area (Å²) in [4.78, 5) is 11.9. The van der Waals surface area contributed by atoms with Crippen LogP contribution in [-0.4, -0.2) is 5.91 Å². The van der Waals surface area contributed by atoms with Crippen molar-refractivity contribution in [1.29, 1.82) is 0 Å². The van der Waals surface area contributed by atoms with E-state index >= 15 is 0 Å². The molecule has 6 heteroatoms. The van der Waals surface area contributed by atoms with Crippen molar-refractivity contribution in [3.8, 4) is 0 Å². The number of halogens is 4. The van der Waals surface area contributed by atoms with Gasteiger partial charge in [-0.25, -0.2) is 8.78 Å². The maximum absolute atomic E-state index is 13.1. The molecule has 1 N–H and O–H groups in total. The quantitative estimate of drug-likeness (QED) is 0.845. The first-order valence-electron chi connectivity index (χ1n) is 5.64. The number of nitrogens with one attached hydrogen (secondary N) is 1. The van der Waals surface area contributed by atoms with Crippen LogP contribution in [0.25, 0.3) is 0 Å². The lowest BCUT2D eigenvalue weighted by Crippen LogP contribution is -2.23. The minimum absolute atomic E-state index is 0.118. The third-order valence-electron chi connectivity index (χ3n) is 2.60. The van der Waals surface area contributed by atoms with Crippen molar-refractivity contribution in [2.75, 3.05) is 0 Å². The van der Waals surface area contributed by atoms with Gasteiger partial charge in [0.2, 0.25) is 0 Å². The Labute approximate surface area is 124 Å². The molecule has 0 aromatic heterocycles. The molecule has 1 amide bonds. The van der Waals surface area contributed by atoms with Crippen molar-refractivity contribution >= 4 is 29.1 Å². The summed E-state index contributed by atoms with van der Waals surface area (Å²) in [7, 11) is 0. The minimum Gasteiger partial charge on any atom is -0.348 e. The van der Waals surface area contributed by atoms with Gasteiger partial charge in [0.1, 0.15) is 0 Å². The number of rotatable bonds is 3. The molecule has 2 nitrogen and oxygen atoms in total. The van der Waals surface area contributed by atoms with Gasteiger partial charge in [0, 0.05) is 11.6 Å². The Morgan fingerprint density at radius 2 is 1.80 bits per heavy atom. The number of hydrogen-bond donors (Lipinski definition) is 1. The molecule has 0 heterocycles. The zero-order valence-corrected chi connectivity index (χ0v) is 11.6. The molecular weight excluding hydrogens is 307 g/mol. The minimum atomic E-state index is -1.12. The van der Waals surface area contributed by atoms with Crippen molar-refractivity contribution < 1.29 is 13.6 Å². The average Bonchev–Trinajstić information content (AvgIpc) is 2.40. The molecule has 0 fully saturated rings. The summed E-state index contributed by atoms with van der Waals surface area (Å²) in [6.45, 7) is 0.203. The summed E-state index contributed by atoms with van der Waals surface area (Å²) < 4.78 is 26.0. The summed E-state index contributed by atoms with van der Waals surface area (Å²) in [5.74, 6) is -2.81. The van der Waals surface area contributed by atoms with E-state index in [1.807, 2.05) is 0 Å². The second kappa shape index (κ2) is 6.20. The Kier molecular flexibility index (Phi) is 4.57. The van der Waals surface area contributed by atoms with E-state index in [4.69, 9.17) is 23.2 Å². The van der Waals surface area contributed by atoms with Crippen molar-refractivity contribution in [2.24, 2.45) is 0 Å². The maximum Gasteiger partial charge on any atom is 0.253 e. The molecule has 0 spiro atoms. The zero-order valence-electron chi connectivity index (χ0n) is 10.1. The van der Waals surface area contributed by atoms with E-state index in [2.05, 4.69) is 5.32 Å². The lowest BCUT2D eigenvalue weighted by atomic mass is 10.2. The molecule has 2 rings (SSSR count). The highest BCUT2D eigenvalue weighted by molar-refractivity contribution is 6.33. The van der Waals surface area contributed by atoms with E-state index in [0.29, 0.717) is 5.02 Å². The van der Waals surface area contributed by atoms with Gasteiger partial charge in [-0.2, -0.15) is 0 Å². The van der Waals surface area contributed by atoms with Gasteiger partial charge in [-0.3, -0.25) is 4.79 Å². The Hall–Kier alpha value is -1.65.